The van der Waals surface area contributed by atoms with Crippen molar-refractivity contribution in [2.24, 2.45) is 4.99 Å². The third-order valence-electron chi connectivity index (χ3n) is 8.90. The Labute approximate surface area is 219 Å². The van der Waals surface area contributed by atoms with Gasteiger partial charge < -0.3 is 14.5 Å². The van der Waals surface area contributed by atoms with Gasteiger partial charge in [-0.2, -0.15) is 0 Å². The first kappa shape index (κ1) is 22.4. The summed E-state index contributed by atoms with van der Waals surface area (Å²) in [6.45, 7) is 10.1. The maximum Gasteiger partial charge on any atom is 0.229 e. The minimum absolute atomic E-state index is 0.243. The molecule has 4 nitrogen and oxygen atoms in total. The molecule has 7 rings (SSSR count). The van der Waals surface area contributed by atoms with Crippen LogP contribution >= 0.6 is 0 Å². The van der Waals surface area contributed by atoms with Gasteiger partial charge in [-0.15, -0.1) is 0 Å². The van der Waals surface area contributed by atoms with E-state index in [2.05, 4.69) is 123 Å². The molecule has 4 aromatic rings. The summed E-state index contributed by atoms with van der Waals surface area (Å²) in [6, 6.07) is 28.6. The fraction of sp³-hybridized carbons (Fsp3) is 0.303. The highest BCUT2D eigenvalue weighted by molar-refractivity contribution is 6.07. The van der Waals surface area contributed by atoms with Crippen LogP contribution in [0.2, 0.25) is 0 Å². The van der Waals surface area contributed by atoms with Crippen LogP contribution < -0.4 is 14.5 Å². The number of ether oxygens (including phenoxy) is 1. The van der Waals surface area contributed by atoms with Crippen molar-refractivity contribution in [3.8, 4) is 5.75 Å². The van der Waals surface area contributed by atoms with Crippen molar-refractivity contribution in [2.45, 2.75) is 57.7 Å². The van der Waals surface area contributed by atoms with Gasteiger partial charge in [0.2, 0.25) is 5.72 Å². The zero-order valence-corrected chi connectivity index (χ0v) is 22.0. The van der Waals surface area contributed by atoms with Gasteiger partial charge in [0, 0.05) is 40.8 Å². The molecule has 2 unspecified atom stereocenters. The molecule has 37 heavy (non-hydrogen) atoms. The molecule has 0 N–H and O–H groups in total. The predicted octanol–water partition coefficient (Wildman–Crippen LogP) is 7.92. The van der Waals surface area contributed by atoms with Gasteiger partial charge in [-0.1, -0.05) is 67.6 Å². The Bertz CT molecular complexity index is 1570. The third kappa shape index (κ3) is 2.87. The van der Waals surface area contributed by atoms with Gasteiger partial charge in [0.1, 0.15) is 5.69 Å². The summed E-state index contributed by atoms with van der Waals surface area (Å²) in [5.41, 5.74) is 6.43. The zero-order chi connectivity index (χ0) is 25.4. The van der Waals surface area contributed by atoms with Gasteiger partial charge in [-0.05, 0) is 56.9 Å². The molecule has 4 heteroatoms. The second-order valence-corrected chi connectivity index (χ2v) is 11.0. The molecule has 186 valence electrons. The second-order valence-electron chi connectivity index (χ2n) is 11.0. The monoisotopic (exact) mass is 487 g/mol. The van der Waals surface area contributed by atoms with E-state index >= 15 is 0 Å². The van der Waals surface area contributed by atoms with Gasteiger partial charge in [-0.25, -0.2) is 0 Å². The molecule has 3 aliphatic heterocycles. The van der Waals surface area contributed by atoms with Crippen LogP contribution in [0, 0.1) is 0 Å². The lowest BCUT2D eigenvalue weighted by Crippen LogP contribution is -2.64. The molecule has 1 spiro atoms. The Balaban J connectivity index is 1.45. The number of anilines is 3. The van der Waals surface area contributed by atoms with Gasteiger partial charge in [0.15, 0.2) is 5.75 Å². The Hall–Kier alpha value is -3.79. The number of nitrogens with zero attached hydrogens (tertiary/aromatic N) is 3. The molecule has 0 radical (unpaired) electrons. The van der Waals surface area contributed by atoms with Crippen LogP contribution in [0.1, 0.15) is 45.2 Å². The standard InChI is InChI=1S/C33H33N3O/c1-5-32(4)26-15-9-11-17-28(26)36(22(2)3)33(32)21-34-31-25-14-8-7-13-24(25)29(20-30(31)37-33)35-19-18-23-12-6-10-16-27(23)35/h6-17,20-22H,5,18-19H2,1-4H3. The van der Waals surface area contributed by atoms with Gasteiger partial charge >= 0.3 is 0 Å². The van der Waals surface area contributed by atoms with Crippen molar-refractivity contribution in [3.63, 3.8) is 0 Å². The van der Waals surface area contributed by atoms with E-state index in [-0.39, 0.29) is 11.5 Å². The van der Waals surface area contributed by atoms with E-state index in [1.165, 1.54) is 33.6 Å². The normalized spacial score (nSPS) is 23.5. The minimum Gasteiger partial charge on any atom is -0.459 e. The fourth-order valence-electron chi connectivity index (χ4n) is 6.94. The van der Waals surface area contributed by atoms with Crippen LogP contribution in [0.15, 0.2) is 83.9 Å². The molecule has 0 bridgehead atoms. The van der Waals surface area contributed by atoms with E-state index in [0.717, 1.165) is 36.2 Å². The lowest BCUT2D eigenvalue weighted by atomic mass is 9.73. The average Bonchev–Trinajstić information content (AvgIpc) is 3.44. The lowest BCUT2D eigenvalue weighted by Gasteiger charge is -2.49. The van der Waals surface area contributed by atoms with Crippen molar-refractivity contribution >= 4 is 39.7 Å². The zero-order valence-electron chi connectivity index (χ0n) is 22.0. The number of hydrogen-bond acceptors (Lipinski definition) is 4. The number of rotatable bonds is 3. The summed E-state index contributed by atoms with van der Waals surface area (Å²) in [6.07, 6.45) is 4.08. The highest BCUT2D eigenvalue weighted by Gasteiger charge is 2.61. The maximum atomic E-state index is 7.29. The fourth-order valence-corrected chi connectivity index (χ4v) is 6.94. The molecule has 3 aliphatic rings. The first-order valence-electron chi connectivity index (χ1n) is 13.5. The smallest absolute Gasteiger partial charge is 0.229 e. The summed E-state index contributed by atoms with van der Waals surface area (Å²) < 4.78 is 7.29. The van der Waals surface area contributed by atoms with E-state index in [0.29, 0.717) is 0 Å². The predicted molar refractivity (Wildman–Crippen MR) is 154 cm³/mol. The van der Waals surface area contributed by atoms with Gasteiger partial charge in [-0.3, -0.25) is 4.99 Å². The molecule has 0 amide bonds. The number of benzene rings is 4. The lowest BCUT2D eigenvalue weighted by molar-refractivity contribution is 0.0611. The minimum atomic E-state index is -0.699. The molecular weight excluding hydrogens is 454 g/mol. The number of aliphatic imine (C=N–C) groups is 1. The van der Waals surface area contributed by atoms with Crippen molar-refractivity contribution in [3.05, 3.63) is 90.0 Å². The third-order valence-corrected chi connectivity index (χ3v) is 8.90. The molecule has 0 saturated heterocycles. The van der Waals surface area contributed by atoms with Crippen LogP contribution in [0.3, 0.4) is 0 Å². The highest BCUT2D eigenvalue weighted by atomic mass is 16.5. The topological polar surface area (TPSA) is 28.1 Å². The Morgan fingerprint density at radius 1 is 0.892 bits per heavy atom. The van der Waals surface area contributed by atoms with Crippen LogP contribution in [-0.4, -0.2) is 24.5 Å². The quantitative estimate of drug-likeness (QED) is 0.294. The van der Waals surface area contributed by atoms with E-state index in [1.807, 2.05) is 0 Å². The Morgan fingerprint density at radius 2 is 1.59 bits per heavy atom. The Morgan fingerprint density at radius 3 is 2.38 bits per heavy atom. The SMILES string of the molecule is CCC1(C)c2ccccc2N(C(C)C)C12C=Nc1c(cc(N3CCc4ccccc43)c3ccccc13)O2. The largest absolute Gasteiger partial charge is 0.459 e. The van der Waals surface area contributed by atoms with Crippen LogP contribution in [0.25, 0.3) is 10.8 Å². The second kappa shape index (κ2) is 7.85. The van der Waals surface area contributed by atoms with Crippen LogP contribution in [-0.2, 0) is 11.8 Å². The number of hydrogen-bond donors (Lipinski definition) is 0. The van der Waals surface area contributed by atoms with Crippen LogP contribution in [0.4, 0.5) is 22.7 Å². The van der Waals surface area contributed by atoms with E-state index in [1.54, 1.807) is 0 Å². The molecular formula is C33H33N3O. The van der Waals surface area contributed by atoms with Crippen molar-refractivity contribution in [1.29, 1.82) is 0 Å². The van der Waals surface area contributed by atoms with Gasteiger partial charge in [0.25, 0.3) is 0 Å². The van der Waals surface area contributed by atoms with Crippen molar-refractivity contribution in [1.82, 2.24) is 0 Å². The highest BCUT2D eigenvalue weighted by Crippen LogP contribution is 2.58. The molecule has 0 saturated carbocycles. The van der Waals surface area contributed by atoms with E-state index in [4.69, 9.17) is 9.73 Å². The van der Waals surface area contributed by atoms with E-state index in [9.17, 15) is 0 Å². The molecule has 2 atom stereocenters. The molecule has 0 fully saturated rings. The number of para-hydroxylation sites is 2. The van der Waals surface area contributed by atoms with Gasteiger partial charge in [0.05, 0.1) is 17.3 Å². The summed E-state index contributed by atoms with van der Waals surface area (Å²) in [4.78, 5) is 10.1. The first-order valence-corrected chi connectivity index (χ1v) is 13.5. The van der Waals surface area contributed by atoms with E-state index < -0.39 is 5.72 Å². The summed E-state index contributed by atoms with van der Waals surface area (Å²) in [5.74, 6) is 0.860. The summed E-state index contributed by atoms with van der Waals surface area (Å²) >= 11 is 0. The first-order chi connectivity index (χ1) is 18.0. The summed E-state index contributed by atoms with van der Waals surface area (Å²) in [5, 5.41) is 2.35. The molecule has 3 heterocycles. The number of fused-ring (bicyclic) bond motifs is 5. The van der Waals surface area contributed by atoms with Crippen molar-refractivity contribution < 1.29 is 4.74 Å². The Kier molecular flexibility index (Phi) is 4.76. The van der Waals surface area contributed by atoms with Crippen molar-refractivity contribution in [2.75, 3.05) is 16.3 Å². The van der Waals surface area contributed by atoms with Crippen LogP contribution in [0.5, 0.6) is 5.75 Å². The summed E-state index contributed by atoms with van der Waals surface area (Å²) in [7, 11) is 0. The average molecular weight is 488 g/mol. The molecule has 4 aromatic carbocycles. The molecule has 0 aliphatic carbocycles. The maximum absolute atomic E-state index is 7.29. The molecule has 0 aromatic heterocycles.